The molecular weight excluding hydrogens is 200 g/mol. The first kappa shape index (κ1) is 11.1. The second kappa shape index (κ2) is 3.33. The monoisotopic (exact) mass is 213 g/mol. The Labute approximate surface area is 82.4 Å². The van der Waals surface area contributed by atoms with Gasteiger partial charge in [-0.3, -0.25) is 0 Å². The highest BCUT2D eigenvalue weighted by Gasteiger charge is 2.62. The van der Waals surface area contributed by atoms with E-state index < -0.39 is 12.0 Å². The zero-order valence-corrected chi connectivity index (χ0v) is 8.29. The molecular formula is C8H14ClF2NO. The lowest BCUT2D eigenvalue weighted by atomic mass is 9.56. The van der Waals surface area contributed by atoms with Crippen molar-refractivity contribution in [2.75, 3.05) is 20.2 Å². The highest BCUT2D eigenvalue weighted by atomic mass is 35.5. The van der Waals surface area contributed by atoms with Crippen molar-refractivity contribution in [1.29, 1.82) is 0 Å². The number of rotatable bonds is 2. The van der Waals surface area contributed by atoms with Gasteiger partial charge in [0, 0.05) is 25.6 Å². The van der Waals surface area contributed by atoms with Crippen molar-refractivity contribution >= 4 is 12.4 Å². The first-order valence-electron chi connectivity index (χ1n) is 4.17. The maximum atomic E-state index is 12.5. The molecule has 0 aromatic carbocycles. The molecule has 0 radical (unpaired) electrons. The molecule has 1 aliphatic carbocycles. The maximum absolute atomic E-state index is 12.5. The largest absolute Gasteiger partial charge is 0.372 e. The van der Waals surface area contributed by atoms with Crippen LogP contribution in [0.3, 0.4) is 0 Å². The Bertz CT molecular complexity index is 189. The number of halogens is 3. The molecule has 2 fully saturated rings. The third-order valence-corrected chi connectivity index (χ3v) is 3.15. The molecule has 2 aliphatic rings. The summed E-state index contributed by atoms with van der Waals surface area (Å²) in [5.74, 6) is 0. The quantitative estimate of drug-likeness (QED) is 0.750. The molecule has 0 amide bonds. The van der Waals surface area contributed by atoms with E-state index >= 15 is 0 Å². The molecule has 1 aliphatic heterocycles. The topological polar surface area (TPSA) is 21.3 Å². The van der Waals surface area contributed by atoms with Gasteiger partial charge in [-0.1, -0.05) is 0 Å². The van der Waals surface area contributed by atoms with Crippen LogP contribution in [0, 0.1) is 5.41 Å². The lowest BCUT2D eigenvalue weighted by molar-refractivity contribution is -0.230. The minimum Gasteiger partial charge on any atom is -0.372 e. The Morgan fingerprint density at radius 2 is 1.85 bits per heavy atom. The normalized spacial score (nSPS) is 27.7. The van der Waals surface area contributed by atoms with Crippen LogP contribution >= 0.6 is 12.4 Å². The third kappa shape index (κ3) is 1.45. The first-order chi connectivity index (χ1) is 5.63. The van der Waals surface area contributed by atoms with Gasteiger partial charge in [0.15, 0.2) is 0 Å². The molecule has 78 valence electrons. The molecule has 1 heterocycles. The Morgan fingerprint density at radius 3 is 2.08 bits per heavy atom. The second-order valence-electron chi connectivity index (χ2n) is 4.03. The minimum absolute atomic E-state index is 0. The zero-order valence-electron chi connectivity index (χ0n) is 7.48. The van der Waals surface area contributed by atoms with Crippen molar-refractivity contribution in [3.05, 3.63) is 0 Å². The van der Waals surface area contributed by atoms with Crippen molar-refractivity contribution in [3.63, 3.8) is 0 Å². The number of alkyl halides is 2. The molecule has 2 rings (SSSR count). The van der Waals surface area contributed by atoms with Crippen LogP contribution in [-0.4, -0.2) is 32.2 Å². The van der Waals surface area contributed by atoms with Crippen LogP contribution in [0.15, 0.2) is 0 Å². The number of hydrogen-bond acceptors (Lipinski definition) is 2. The van der Waals surface area contributed by atoms with Crippen LogP contribution in [0.4, 0.5) is 8.78 Å². The summed E-state index contributed by atoms with van der Waals surface area (Å²) in [4.78, 5) is 0. The van der Waals surface area contributed by atoms with E-state index in [1.54, 1.807) is 0 Å². The van der Waals surface area contributed by atoms with Gasteiger partial charge in [0.25, 0.3) is 6.43 Å². The van der Waals surface area contributed by atoms with Crippen LogP contribution < -0.4 is 5.32 Å². The molecule has 0 atom stereocenters. The maximum Gasteiger partial charge on any atom is 0.267 e. The highest BCUT2D eigenvalue weighted by molar-refractivity contribution is 5.85. The lowest BCUT2D eigenvalue weighted by Gasteiger charge is -2.59. The van der Waals surface area contributed by atoms with E-state index in [1.165, 1.54) is 7.11 Å². The molecule has 0 bridgehead atoms. The number of nitrogens with one attached hydrogen (secondary N) is 1. The molecule has 1 N–H and O–H groups in total. The summed E-state index contributed by atoms with van der Waals surface area (Å²) in [6, 6.07) is 0. The molecule has 1 saturated heterocycles. The number of hydrogen-bond donors (Lipinski definition) is 1. The van der Waals surface area contributed by atoms with E-state index in [-0.39, 0.29) is 17.8 Å². The van der Waals surface area contributed by atoms with E-state index in [1.807, 2.05) is 0 Å². The summed E-state index contributed by atoms with van der Waals surface area (Å²) >= 11 is 0. The van der Waals surface area contributed by atoms with E-state index in [0.29, 0.717) is 12.8 Å². The fourth-order valence-electron chi connectivity index (χ4n) is 2.33. The molecule has 1 saturated carbocycles. The fraction of sp³-hybridized carbons (Fsp3) is 1.00. The lowest BCUT2D eigenvalue weighted by Crippen LogP contribution is -2.69. The first-order valence-corrected chi connectivity index (χ1v) is 4.17. The van der Waals surface area contributed by atoms with Crippen LogP contribution in [-0.2, 0) is 4.74 Å². The smallest absolute Gasteiger partial charge is 0.267 e. The number of methoxy groups -OCH3 is 1. The van der Waals surface area contributed by atoms with Crippen molar-refractivity contribution in [2.45, 2.75) is 24.9 Å². The predicted molar refractivity (Wildman–Crippen MR) is 47.5 cm³/mol. The summed E-state index contributed by atoms with van der Waals surface area (Å²) in [7, 11) is 1.38. The Morgan fingerprint density at radius 1 is 1.31 bits per heavy atom. The van der Waals surface area contributed by atoms with E-state index in [9.17, 15) is 8.78 Å². The van der Waals surface area contributed by atoms with Gasteiger partial charge in [-0.2, -0.15) is 0 Å². The van der Waals surface area contributed by atoms with E-state index in [2.05, 4.69) is 5.32 Å². The van der Waals surface area contributed by atoms with Gasteiger partial charge in [-0.05, 0) is 12.8 Å². The Kier molecular flexibility index (Phi) is 2.86. The Balaban J connectivity index is 0.000000845. The second-order valence-corrected chi connectivity index (χ2v) is 4.03. The predicted octanol–water partition coefficient (Wildman–Crippen LogP) is 1.44. The van der Waals surface area contributed by atoms with Gasteiger partial charge in [0.2, 0.25) is 0 Å². The summed E-state index contributed by atoms with van der Waals surface area (Å²) in [5, 5.41) is 3.10. The van der Waals surface area contributed by atoms with Crippen molar-refractivity contribution in [2.24, 2.45) is 5.41 Å². The standard InChI is InChI=1S/C8H13F2NO.ClH/c1-12-8(6(9)10)2-7(3-8)4-11-5-7;/h6,11H,2-5H2,1H3;1H. The summed E-state index contributed by atoms with van der Waals surface area (Å²) in [6.45, 7) is 1.76. The van der Waals surface area contributed by atoms with Crippen LogP contribution in [0.25, 0.3) is 0 Å². The summed E-state index contributed by atoms with van der Waals surface area (Å²) < 4.78 is 29.9. The van der Waals surface area contributed by atoms with Crippen LogP contribution in [0.1, 0.15) is 12.8 Å². The fourth-order valence-corrected chi connectivity index (χ4v) is 2.33. The van der Waals surface area contributed by atoms with Crippen molar-refractivity contribution < 1.29 is 13.5 Å². The minimum atomic E-state index is -2.34. The average Bonchev–Trinajstić information content (AvgIpc) is 1.82. The molecule has 13 heavy (non-hydrogen) atoms. The van der Waals surface area contributed by atoms with E-state index in [0.717, 1.165) is 13.1 Å². The van der Waals surface area contributed by atoms with Crippen molar-refractivity contribution in [3.8, 4) is 0 Å². The molecule has 0 aromatic rings. The van der Waals surface area contributed by atoms with Gasteiger partial charge in [0.05, 0.1) is 0 Å². The summed E-state index contributed by atoms with van der Waals surface area (Å²) in [6.07, 6.45) is -1.31. The van der Waals surface area contributed by atoms with Crippen LogP contribution in [0.5, 0.6) is 0 Å². The number of ether oxygens (including phenoxy) is 1. The SMILES string of the molecule is COC1(C(F)F)CC2(CNC2)C1.Cl. The molecule has 2 nitrogen and oxygen atoms in total. The van der Waals surface area contributed by atoms with Gasteiger partial charge >= 0.3 is 0 Å². The van der Waals surface area contributed by atoms with Crippen molar-refractivity contribution in [1.82, 2.24) is 5.32 Å². The van der Waals surface area contributed by atoms with Gasteiger partial charge in [-0.25, -0.2) is 8.78 Å². The molecule has 0 unspecified atom stereocenters. The van der Waals surface area contributed by atoms with Gasteiger partial charge < -0.3 is 10.1 Å². The van der Waals surface area contributed by atoms with Crippen LogP contribution in [0.2, 0.25) is 0 Å². The van der Waals surface area contributed by atoms with Gasteiger partial charge in [-0.15, -0.1) is 12.4 Å². The molecule has 0 aromatic heterocycles. The molecule has 1 spiro atoms. The summed E-state index contributed by atoms with van der Waals surface area (Å²) in [5.41, 5.74) is -0.978. The Hall–Kier alpha value is 0.0700. The zero-order chi connectivity index (χ0) is 8.82. The third-order valence-electron chi connectivity index (χ3n) is 3.15. The highest BCUT2D eigenvalue weighted by Crippen LogP contribution is 2.55. The molecule has 5 heteroatoms. The van der Waals surface area contributed by atoms with E-state index in [4.69, 9.17) is 4.74 Å². The average molecular weight is 214 g/mol. The van der Waals surface area contributed by atoms with Gasteiger partial charge in [0.1, 0.15) is 5.60 Å².